The van der Waals surface area contributed by atoms with Gasteiger partial charge in [-0.1, -0.05) is 0 Å². The van der Waals surface area contributed by atoms with Gasteiger partial charge in [-0.05, 0) is 52.1 Å². The van der Waals surface area contributed by atoms with Gasteiger partial charge in [0.05, 0.1) is 12.7 Å². The number of guanidine groups is 1. The van der Waals surface area contributed by atoms with Crippen LogP contribution in [0.4, 0.5) is 0 Å². The molecule has 0 spiro atoms. The monoisotopic (exact) mass is 454 g/mol. The molecule has 6 nitrogen and oxygen atoms in total. The SMILES string of the molecule is CCNC(=NCC1CCN(C)C1)NCCCOCC1CCCO1.I. The number of hydrogen-bond donors (Lipinski definition) is 2. The van der Waals surface area contributed by atoms with Crippen molar-refractivity contribution < 1.29 is 9.47 Å². The van der Waals surface area contributed by atoms with Crippen molar-refractivity contribution in [3.8, 4) is 0 Å². The van der Waals surface area contributed by atoms with E-state index in [4.69, 9.17) is 14.5 Å². The second-order valence-corrected chi connectivity index (χ2v) is 6.63. The van der Waals surface area contributed by atoms with Crippen LogP contribution in [0.2, 0.25) is 0 Å². The molecule has 2 aliphatic heterocycles. The van der Waals surface area contributed by atoms with Crippen LogP contribution in [0.25, 0.3) is 0 Å². The van der Waals surface area contributed by atoms with Gasteiger partial charge in [-0.2, -0.15) is 0 Å². The van der Waals surface area contributed by atoms with Crippen molar-refractivity contribution >= 4 is 29.9 Å². The summed E-state index contributed by atoms with van der Waals surface area (Å²) in [5, 5.41) is 6.72. The molecule has 2 atom stereocenters. The minimum atomic E-state index is 0. The van der Waals surface area contributed by atoms with Crippen LogP contribution in [0.1, 0.15) is 32.6 Å². The first-order valence-corrected chi connectivity index (χ1v) is 9.18. The van der Waals surface area contributed by atoms with Crippen molar-refractivity contribution in [1.29, 1.82) is 0 Å². The second-order valence-electron chi connectivity index (χ2n) is 6.63. The fourth-order valence-electron chi connectivity index (χ4n) is 3.11. The molecule has 0 aromatic rings. The Labute approximate surface area is 164 Å². The van der Waals surface area contributed by atoms with Crippen molar-refractivity contribution in [2.75, 3.05) is 59.6 Å². The van der Waals surface area contributed by atoms with E-state index in [2.05, 4.69) is 29.5 Å². The summed E-state index contributed by atoms with van der Waals surface area (Å²) < 4.78 is 11.2. The molecule has 0 saturated carbocycles. The number of nitrogens with zero attached hydrogens (tertiary/aromatic N) is 2. The first-order chi connectivity index (χ1) is 11.3. The molecule has 142 valence electrons. The first kappa shape index (κ1) is 21.9. The second kappa shape index (κ2) is 13.1. The molecule has 2 N–H and O–H groups in total. The van der Waals surface area contributed by atoms with E-state index in [0.29, 0.717) is 12.0 Å². The molecule has 0 aliphatic carbocycles. The Balaban J connectivity index is 0.00000288. The summed E-state index contributed by atoms with van der Waals surface area (Å²) >= 11 is 0. The summed E-state index contributed by atoms with van der Waals surface area (Å²) in [5.74, 6) is 1.63. The largest absolute Gasteiger partial charge is 0.379 e. The third-order valence-electron chi connectivity index (χ3n) is 4.43. The Kier molecular flexibility index (Phi) is 12.0. The third-order valence-corrected chi connectivity index (χ3v) is 4.43. The zero-order chi connectivity index (χ0) is 16.3. The molecule has 2 saturated heterocycles. The van der Waals surface area contributed by atoms with E-state index in [1.165, 1.54) is 25.9 Å². The number of halogens is 1. The Bertz CT molecular complexity index is 351. The van der Waals surface area contributed by atoms with Gasteiger partial charge in [0.25, 0.3) is 0 Å². The minimum absolute atomic E-state index is 0. The van der Waals surface area contributed by atoms with E-state index < -0.39 is 0 Å². The zero-order valence-electron chi connectivity index (χ0n) is 15.3. The molecule has 2 fully saturated rings. The number of rotatable bonds is 9. The molecule has 0 amide bonds. The van der Waals surface area contributed by atoms with E-state index in [1.54, 1.807) is 0 Å². The molecule has 7 heteroatoms. The van der Waals surface area contributed by atoms with Crippen LogP contribution < -0.4 is 10.6 Å². The van der Waals surface area contributed by atoms with Gasteiger partial charge in [0.2, 0.25) is 0 Å². The average Bonchev–Trinajstić information content (AvgIpc) is 3.19. The van der Waals surface area contributed by atoms with E-state index in [-0.39, 0.29) is 24.0 Å². The normalized spacial score (nSPS) is 24.8. The molecular formula is C17H35IN4O2. The summed E-state index contributed by atoms with van der Waals surface area (Å²) in [6.45, 7) is 9.58. The van der Waals surface area contributed by atoms with E-state index in [1.807, 2.05) is 0 Å². The van der Waals surface area contributed by atoms with Gasteiger partial charge in [0.15, 0.2) is 5.96 Å². The molecule has 2 heterocycles. The Hall–Kier alpha value is -0.120. The van der Waals surface area contributed by atoms with Crippen molar-refractivity contribution in [2.24, 2.45) is 10.9 Å². The maximum atomic E-state index is 5.68. The zero-order valence-corrected chi connectivity index (χ0v) is 17.6. The predicted octanol–water partition coefficient (Wildman–Crippen LogP) is 1.70. The third kappa shape index (κ3) is 8.82. The standard InChI is InChI=1S/C17H34N4O2.HI/c1-3-18-17(20-12-15-7-9-21(2)13-15)19-8-5-10-22-14-16-6-4-11-23-16;/h15-16H,3-14H2,1-2H3,(H2,18,19,20);1H. The first-order valence-electron chi connectivity index (χ1n) is 9.18. The fourth-order valence-corrected chi connectivity index (χ4v) is 3.11. The van der Waals surface area contributed by atoms with Crippen LogP contribution in [-0.2, 0) is 9.47 Å². The Morgan fingerprint density at radius 1 is 1.33 bits per heavy atom. The average molecular weight is 454 g/mol. The number of ether oxygens (including phenoxy) is 2. The van der Waals surface area contributed by atoms with Crippen LogP contribution in [0.3, 0.4) is 0 Å². The Morgan fingerprint density at radius 2 is 2.21 bits per heavy atom. The number of likely N-dealkylation sites (tertiary alicyclic amines) is 1. The van der Waals surface area contributed by atoms with Gasteiger partial charge in [0, 0.05) is 39.4 Å². The highest BCUT2D eigenvalue weighted by molar-refractivity contribution is 14.0. The molecule has 2 rings (SSSR count). The van der Waals surface area contributed by atoms with Gasteiger partial charge >= 0.3 is 0 Å². The van der Waals surface area contributed by atoms with E-state index in [0.717, 1.165) is 58.3 Å². The van der Waals surface area contributed by atoms with Crippen LogP contribution in [0.5, 0.6) is 0 Å². The highest BCUT2D eigenvalue weighted by atomic mass is 127. The predicted molar refractivity (Wildman–Crippen MR) is 109 cm³/mol. The summed E-state index contributed by atoms with van der Waals surface area (Å²) in [6.07, 6.45) is 4.90. The lowest BCUT2D eigenvalue weighted by Gasteiger charge is -2.14. The molecule has 0 bridgehead atoms. The molecule has 2 aliphatic rings. The van der Waals surface area contributed by atoms with Crippen molar-refractivity contribution in [3.05, 3.63) is 0 Å². The fraction of sp³-hybridized carbons (Fsp3) is 0.941. The maximum absolute atomic E-state index is 5.68. The van der Waals surface area contributed by atoms with Crippen LogP contribution in [0, 0.1) is 5.92 Å². The lowest BCUT2D eigenvalue weighted by Crippen LogP contribution is -2.38. The van der Waals surface area contributed by atoms with Gasteiger partial charge in [-0.3, -0.25) is 4.99 Å². The molecule has 0 aromatic heterocycles. The maximum Gasteiger partial charge on any atom is 0.191 e. The summed E-state index contributed by atoms with van der Waals surface area (Å²) in [4.78, 5) is 7.10. The van der Waals surface area contributed by atoms with Gasteiger partial charge in [-0.25, -0.2) is 0 Å². The highest BCUT2D eigenvalue weighted by Crippen LogP contribution is 2.14. The lowest BCUT2D eigenvalue weighted by atomic mass is 10.1. The number of hydrogen-bond acceptors (Lipinski definition) is 4. The van der Waals surface area contributed by atoms with Crippen molar-refractivity contribution in [3.63, 3.8) is 0 Å². The summed E-state index contributed by atoms with van der Waals surface area (Å²) in [5.41, 5.74) is 0. The number of aliphatic imine (C=N–C) groups is 1. The van der Waals surface area contributed by atoms with E-state index in [9.17, 15) is 0 Å². The van der Waals surface area contributed by atoms with Gasteiger partial charge < -0.3 is 25.0 Å². The smallest absolute Gasteiger partial charge is 0.191 e. The molecule has 0 radical (unpaired) electrons. The molecule has 24 heavy (non-hydrogen) atoms. The van der Waals surface area contributed by atoms with Crippen molar-refractivity contribution in [2.45, 2.75) is 38.7 Å². The van der Waals surface area contributed by atoms with Gasteiger partial charge in [0.1, 0.15) is 0 Å². The summed E-state index contributed by atoms with van der Waals surface area (Å²) in [6, 6.07) is 0. The quantitative estimate of drug-likeness (QED) is 0.241. The van der Waals surface area contributed by atoms with Crippen molar-refractivity contribution in [1.82, 2.24) is 15.5 Å². The van der Waals surface area contributed by atoms with Crippen LogP contribution >= 0.6 is 24.0 Å². The van der Waals surface area contributed by atoms with Crippen LogP contribution in [-0.4, -0.2) is 76.6 Å². The molecular weight excluding hydrogens is 419 g/mol. The lowest BCUT2D eigenvalue weighted by molar-refractivity contribution is 0.0168. The number of nitrogens with one attached hydrogen (secondary N) is 2. The Morgan fingerprint density at radius 3 is 2.88 bits per heavy atom. The van der Waals surface area contributed by atoms with E-state index >= 15 is 0 Å². The molecule has 2 unspecified atom stereocenters. The summed E-state index contributed by atoms with van der Waals surface area (Å²) in [7, 11) is 2.18. The topological polar surface area (TPSA) is 58.1 Å². The molecule has 0 aromatic carbocycles. The van der Waals surface area contributed by atoms with Gasteiger partial charge in [-0.15, -0.1) is 24.0 Å². The minimum Gasteiger partial charge on any atom is -0.379 e. The highest BCUT2D eigenvalue weighted by Gasteiger charge is 2.19. The van der Waals surface area contributed by atoms with Crippen LogP contribution in [0.15, 0.2) is 4.99 Å².